The quantitative estimate of drug-likeness (QED) is 0.135. The number of quaternary nitrogens is 1. The summed E-state index contributed by atoms with van der Waals surface area (Å²) in [5.41, 5.74) is 4.51. The van der Waals surface area contributed by atoms with E-state index in [-0.39, 0.29) is 56.3 Å². The van der Waals surface area contributed by atoms with Crippen molar-refractivity contribution in [1.29, 1.82) is 0 Å². The summed E-state index contributed by atoms with van der Waals surface area (Å²) in [6, 6.07) is 5.06. The van der Waals surface area contributed by atoms with Crippen molar-refractivity contribution < 1.29 is 60.4 Å². The molecule has 0 aromatic carbocycles. The number of nitrogens with zero attached hydrogens (tertiary/aromatic N) is 4. The Bertz CT molecular complexity index is 1750. The Balaban J connectivity index is 0. The zero-order chi connectivity index (χ0) is 37.2. The summed E-state index contributed by atoms with van der Waals surface area (Å²) in [5, 5.41) is 17.9. The van der Waals surface area contributed by atoms with Gasteiger partial charge >= 0.3 is 5.97 Å². The molecule has 2 saturated carbocycles. The van der Waals surface area contributed by atoms with Gasteiger partial charge in [0.1, 0.15) is 5.69 Å². The number of alkyl halides is 1. The minimum absolute atomic E-state index is 0. The van der Waals surface area contributed by atoms with E-state index in [0.717, 1.165) is 59.4 Å². The number of rotatable bonds is 7. The van der Waals surface area contributed by atoms with Crippen molar-refractivity contribution in [3.63, 3.8) is 0 Å². The average molecular weight is 772 g/mol. The third-order valence-corrected chi connectivity index (χ3v) is 9.36. The smallest absolute Gasteiger partial charge is 0.355 e. The van der Waals surface area contributed by atoms with E-state index in [0.29, 0.717) is 15.7 Å². The molecule has 7 N–H and O–H groups in total. The molecule has 1 atom stereocenters. The minimum Gasteiger partial charge on any atom is -1.00 e. The zero-order valence-electron chi connectivity index (χ0n) is 28.6. The van der Waals surface area contributed by atoms with Gasteiger partial charge in [-0.3, -0.25) is 9.18 Å². The lowest BCUT2D eigenvalue weighted by atomic mass is 9.67. The van der Waals surface area contributed by atoms with Gasteiger partial charge < -0.3 is 39.2 Å². The van der Waals surface area contributed by atoms with Crippen molar-refractivity contribution in [1.82, 2.24) is 25.3 Å². The lowest BCUT2D eigenvalue weighted by molar-refractivity contribution is -0.437. The molecule has 1 amide bonds. The Morgan fingerprint density at radius 3 is 1.58 bits per heavy atom. The molecular weight excluding hydrogens is 727 g/mol. The summed E-state index contributed by atoms with van der Waals surface area (Å²) in [6.45, 7) is 7.63. The number of carbonyl (C=O) groups is 2. The molecule has 0 spiro atoms. The monoisotopic (exact) mass is 771 g/mol. The van der Waals surface area contributed by atoms with E-state index < -0.39 is 36.9 Å². The number of nitrogens with one attached hydrogen (secondary N) is 3. The molecule has 11 nitrogen and oxygen atoms in total. The van der Waals surface area contributed by atoms with Crippen LogP contribution in [-0.2, 0) is 0 Å². The van der Waals surface area contributed by atoms with Gasteiger partial charge in [0, 0.05) is 55.7 Å². The van der Waals surface area contributed by atoms with Crippen LogP contribution in [-0.4, -0.2) is 56.2 Å². The van der Waals surface area contributed by atoms with E-state index in [4.69, 9.17) is 6.48 Å². The largest absolute Gasteiger partial charge is 1.00 e. The molecule has 4 aromatic rings. The Morgan fingerprint density at radius 2 is 1.28 bits per heavy atom. The van der Waals surface area contributed by atoms with Gasteiger partial charge in [0.05, 0.1) is 14.6 Å². The first-order valence-electron chi connectivity index (χ1n) is 15.6. The van der Waals surface area contributed by atoms with Gasteiger partial charge in [-0.15, -0.1) is 22.7 Å². The Kier molecular flexibility index (Phi) is 15.2. The number of halogens is 6. The van der Waals surface area contributed by atoms with Crippen LogP contribution in [0.15, 0.2) is 24.3 Å². The molecule has 4 heterocycles. The Labute approximate surface area is 305 Å². The summed E-state index contributed by atoms with van der Waals surface area (Å²) < 4.78 is 67.4. The van der Waals surface area contributed by atoms with E-state index in [1.807, 2.05) is 0 Å². The molecule has 50 heavy (non-hydrogen) atoms. The van der Waals surface area contributed by atoms with Crippen LogP contribution in [0.2, 0.25) is 0 Å². The molecule has 19 heteroatoms. The van der Waals surface area contributed by atoms with Crippen molar-refractivity contribution in [2.75, 3.05) is 17.8 Å². The second kappa shape index (κ2) is 18.8. The minimum atomic E-state index is -1.15. The lowest BCUT2D eigenvalue weighted by Gasteiger charge is -2.44. The fourth-order valence-electron chi connectivity index (χ4n) is 4.48. The van der Waals surface area contributed by atoms with E-state index in [2.05, 4.69) is 55.5 Å². The number of carboxylic acids is 1. The number of carboxylic acid groups (broad SMARTS) is 1. The van der Waals surface area contributed by atoms with Crippen molar-refractivity contribution in [2.45, 2.75) is 71.9 Å². The number of amides is 1. The highest BCUT2D eigenvalue weighted by Gasteiger charge is 2.39. The number of pyridine rings is 2. The van der Waals surface area contributed by atoms with Crippen LogP contribution < -0.4 is 34.1 Å². The molecule has 0 aliphatic heterocycles. The molecule has 2 aliphatic rings. The molecule has 2 fully saturated rings. The molecule has 4 aromatic heterocycles. The molecule has 280 valence electrons. The number of aryl methyl sites for hydroxylation is 2. The van der Waals surface area contributed by atoms with E-state index in [1.54, 1.807) is 13.8 Å². The molecule has 0 bridgehead atoms. The van der Waals surface area contributed by atoms with Gasteiger partial charge in [-0.25, -0.2) is 14.8 Å². The Morgan fingerprint density at radius 1 is 0.880 bits per heavy atom. The van der Waals surface area contributed by atoms with Gasteiger partial charge in [-0.1, -0.05) is 13.8 Å². The zero-order valence-corrected chi connectivity index (χ0v) is 29.9. The summed E-state index contributed by atoms with van der Waals surface area (Å²) in [6.07, 6.45) is 6.22. The van der Waals surface area contributed by atoms with Crippen molar-refractivity contribution in [3.8, 4) is 0 Å². The summed E-state index contributed by atoms with van der Waals surface area (Å²) in [4.78, 5) is 38.5. The number of hydrogen-bond acceptors (Lipinski definition) is 10. The second-order valence-electron chi connectivity index (χ2n) is 11.8. The maximum atomic E-state index is 13.1. The van der Waals surface area contributed by atoms with Gasteiger partial charge in [-0.05, 0) is 51.4 Å². The van der Waals surface area contributed by atoms with Crippen molar-refractivity contribution >= 4 is 56.2 Å². The summed E-state index contributed by atoms with van der Waals surface area (Å²) >= 11 is 2.33. The summed E-state index contributed by atoms with van der Waals surface area (Å²) in [7, 11) is -1.00. The summed E-state index contributed by atoms with van der Waals surface area (Å²) in [5.74, 6) is -5.15. The number of thiazole rings is 2. The standard InChI is InChI=1S/C16H18F2N4OS.C10H7F2N3O2S.C4H9N.CH3F.ClH.3H2/c1-8-13(14(23)20-10-4-5-16(10,2)3)22-15(24-8)19-9-6-11(17)21-12(18)7-9;1-4-8(9(16)17)15-10(18-4)13-5-2-6(11)14-7(12)3-5;5-4-2-1-3-4;1-2;;;;/h6-7,10H,4-5H2,1-3H3,(H,20,23)(H,19,21,22);2-3H,1H3,(H,16,17)(H,13,14,15);4H,1-3,5H2;1H3;4*1H/i;;;1D;;;;. The van der Waals surface area contributed by atoms with Crippen molar-refractivity contribution in [2.24, 2.45) is 5.41 Å². The number of aromatic nitrogens is 4. The number of aromatic carboxylic acids is 1. The third-order valence-electron chi connectivity index (χ3n) is 7.59. The first-order chi connectivity index (χ1) is 23.5. The fourth-order valence-corrected chi connectivity index (χ4v) is 6.14. The fraction of sp³-hybridized carbons (Fsp3) is 0.419. The molecule has 2 aliphatic carbocycles. The highest BCUT2D eigenvalue weighted by molar-refractivity contribution is 7.16. The Hall–Kier alpha value is -4.00. The number of hydrogen-bond donors (Lipinski definition) is 5. The SMILES string of the molecule is Cc1sc(Nc2cc(F)nc(F)c2)nc1C(=O)NC1CCC1(C)C.Cc1sc(Nc2cc(F)nc(F)c2)nc1C(=O)O.[2H]CF.[Cl-].[HH].[HH].[HH].[NH3+]C1CCC1. The number of anilines is 4. The number of carbonyl (C=O) groups excluding carboxylic acids is 1. The van der Waals surface area contributed by atoms with Crippen LogP contribution >= 0.6 is 22.7 Å². The topological polar surface area (TPSA) is 170 Å². The lowest BCUT2D eigenvalue weighted by Crippen LogP contribution is -3.00. The maximum Gasteiger partial charge on any atom is 0.355 e. The van der Waals surface area contributed by atoms with E-state index >= 15 is 0 Å². The van der Waals surface area contributed by atoms with Gasteiger partial charge in [0.2, 0.25) is 23.8 Å². The molecular formula is C31H44ClF5N8O3S2. The predicted octanol–water partition coefficient (Wildman–Crippen LogP) is 4.46. The average Bonchev–Trinajstić information content (AvgIpc) is 3.55. The van der Waals surface area contributed by atoms with Crippen molar-refractivity contribution in [3.05, 3.63) is 69.2 Å². The molecule has 1 unspecified atom stereocenters. The normalized spacial score (nSPS) is 15.7. The first kappa shape index (κ1) is 40.4. The second-order valence-corrected chi connectivity index (χ2v) is 14.2. The van der Waals surface area contributed by atoms with Gasteiger partial charge in [-0.2, -0.15) is 27.5 Å². The van der Waals surface area contributed by atoms with Crippen LogP contribution in [0.4, 0.5) is 43.6 Å². The van der Waals surface area contributed by atoms with Crippen LogP contribution in [0.5, 0.6) is 0 Å². The highest BCUT2D eigenvalue weighted by atomic mass is 35.5. The maximum absolute atomic E-state index is 13.1. The first-order valence-corrected chi connectivity index (χ1v) is 16.5. The molecule has 6 rings (SSSR count). The molecule has 0 saturated heterocycles. The highest BCUT2D eigenvalue weighted by Crippen LogP contribution is 2.40. The van der Waals surface area contributed by atoms with Crippen LogP contribution in [0.3, 0.4) is 0 Å². The molecule has 0 radical (unpaired) electrons. The van der Waals surface area contributed by atoms with E-state index in [9.17, 15) is 31.5 Å². The van der Waals surface area contributed by atoms with Gasteiger partial charge in [0.25, 0.3) is 5.91 Å². The third kappa shape index (κ3) is 12.1. The predicted molar refractivity (Wildman–Crippen MR) is 184 cm³/mol. The van der Waals surface area contributed by atoms with E-state index in [1.165, 1.54) is 30.6 Å². The van der Waals surface area contributed by atoms with Gasteiger partial charge in [0.15, 0.2) is 16.0 Å². The van der Waals surface area contributed by atoms with Crippen LogP contribution in [0.1, 0.15) is 82.3 Å². The van der Waals surface area contributed by atoms with Crippen LogP contribution in [0, 0.1) is 43.1 Å². The van der Waals surface area contributed by atoms with Crippen LogP contribution in [0.25, 0.3) is 0 Å².